The SMILES string of the molecule is CC(C)c1cccc(S(=O)(=O)N(CC(=O)O)C(C)C)c1. The Hall–Kier alpha value is -1.40. The molecular formula is C14H21NO4S. The molecular weight excluding hydrogens is 278 g/mol. The average Bonchev–Trinajstić information content (AvgIpc) is 2.35. The lowest BCUT2D eigenvalue weighted by Crippen LogP contribution is -2.40. The monoisotopic (exact) mass is 299 g/mol. The maximum atomic E-state index is 12.5. The highest BCUT2D eigenvalue weighted by atomic mass is 32.2. The predicted octanol–water partition coefficient (Wildman–Crippen LogP) is 2.29. The molecule has 6 heteroatoms. The van der Waals surface area contributed by atoms with Gasteiger partial charge in [0.1, 0.15) is 6.54 Å². The number of carboxylic acids is 1. The van der Waals surface area contributed by atoms with Crippen LogP contribution in [-0.2, 0) is 14.8 Å². The minimum absolute atomic E-state index is 0.138. The Labute approximate surface area is 120 Å². The summed E-state index contributed by atoms with van der Waals surface area (Å²) in [5.41, 5.74) is 0.908. The Morgan fingerprint density at radius 3 is 2.30 bits per heavy atom. The quantitative estimate of drug-likeness (QED) is 0.874. The summed E-state index contributed by atoms with van der Waals surface area (Å²) in [4.78, 5) is 11.0. The number of carboxylic acid groups (broad SMARTS) is 1. The first kappa shape index (κ1) is 16.7. The van der Waals surface area contributed by atoms with Crippen LogP contribution >= 0.6 is 0 Å². The van der Waals surface area contributed by atoms with Crippen LogP contribution < -0.4 is 0 Å². The molecule has 0 bridgehead atoms. The second-order valence-electron chi connectivity index (χ2n) is 5.26. The van der Waals surface area contributed by atoms with E-state index in [1.165, 1.54) is 6.07 Å². The van der Waals surface area contributed by atoms with Gasteiger partial charge in [-0.15, -0.1) is 0 Å². The molecule has 1 rings (SSSR count). The zero-order chi connectivity index (χ0) is 15.5. The predicted molar refractivity (Wildman–Crippen MR) is 77.2 cm³/mol. The van der Waals surface area contributed by atoms with Gasteiger partial charge in [-0.05, 0) is 37.5 Å². The van der Waals surface area contributed by atoms with Crippen molar-refractivity contribution >= 4 is 16.0 Å². The molecule has 112 valence electrons. The van der Waals surface area contributed by atoms with Gasteiger partial charge in [-0.25, -0.2) is 8.42 Å². The standard InChI is InChI=1S/C14H21NO4S/c1-10(2)12-6-5-7-13(8-12)20(18,19)15(11(3)4)9-14(16)17/h5-8,10-11H,9H2,1-4H3,(H,16,17). The largest absolute Gasteiger partial charge is 0.480 e. The number of carbonyl (C=O) groups is 1. The fourth-order valence-electron chi connectivity index (χ4n) is 1.85. The number of hydrogen-bond acceptors (Lipinski definition) is 3. The first-order valence-corrected chi connectivity index (χ1v) is 7.94. The van der Waals surface area contributed by atoms with Gasteiger partial charge in [-0.2, -0.15) is 4.31 Å². The van der Waals surface area contributed by atoms with Crippen molar-refractivity contribution in [3.63, 3.8) is 0 Å². The molecule has 0 aliphatic rings. The Balaban J connectivity index is 3.26. The van der Waals surface area contributed by atoms with Crippen LogP contribution in [0.25, 0.3) is 0 Å². The summed E-state index contributed by atoms with van der Waals surface area (Å²) in [6.45, 7) is 6.73. The molecule has 0 fully saturated rings. The number of rotatable bonds is 6. The fraction of sp³-hybridized carbons (Fsp3) is 0.500. The van der Waals surface area contributed by atoms with E-state index in [-0.39, 0.29) is 10.8 Å². The van der Waals surface area contributed by atoms with E-state index in [2.05, 4.69) is 0 Å². The number of sulfonamides is 1. The molecule has 0 amide bonds. The maximum Gasteiger partial charge on any atom is 0.318 e. The van der Waals surface area contributed by atoms with E-state index >= 15 is 0 Å². The molecule has 1 N–H and O–H groups in total. The van der Waals surface area contributed by atoms with Gasteiger partial charge in [0.2, 0.25) is 10.0 Å². The molecule has 0 aliphatic heterocycles. The Morgan fingerprint density at radius 2 is 1.85 bits per heavy atom. The first-order valence-electron chi connectivity index (χ1n) is 6.50. The maximum absolute atomic E-state index is 12.5. The summed E-state index contributed by atoms with van der Waals surface area (Å²) >= 11 is 0. The summed E-state index contributed by atoms with van der Waals surface area (Å²) in [5, 5.41) is 8.88. The summed E-state index contributed by atoms with van der Waals surface area (Å²) < 4.78 is 26.1. The molecule has 0 aliphatic carbocycles. The molecule has 1 aromatic carbocycles. The van der Waals surface area contributed by atoms with Gasteiger partial charge in [0.15, 0.2) is 0 Å². The summed E-state index contributed by atoms with van der Waals surface area (Å²) in [6, 6.07) is 6.23. The van der Waals surface area contributed by atoms with Gasteiger partial charge in [-0.3, -0.25) is 4.79 Å². The van der Waals surface area contributed by atoms with Crippen molar-refractivity contribution in [2.45, 2.75) is 44.6 Å². The Bertz CT molecular complexity index is 579. The van der Waals surface area contributed by atoms with Crippen LogP contribution in [0.15, 0.2) is 29.2 Å². The topological polar surface area (TPSA) is 74.7 Å². The van der Waals surface area contributed by atoms with E-state index in [0.29, 0.717) is 0 Å². The molecule has 0 spiro atoms. The van der Waals surface area contributed by atoms with Crippen molar-refractivity contribution in [3.8, 4) is 0 Å². The van der Waals surface area contributed by atoms with Gasteiger partial charge < -0.3 is 5.11 Å². The van der Waals surface area contributed by atoms with Gasteiger partial charge in [0.25, 0.3) is 0 Å². The molecule has 0 saturated carbocycles. The van der Waals surface area contributed by atoms with Crippen LogP contribution in [0, 0.1) is 0 Å². The van der Waals surface area contributed by atoms with E-state index < -0.39 is 28.6 Å². The Morgan fingerprint density at radius 1 is 1.25 bits per heavy atom. The lowest BCUT2D eigenvalue weighted by molar-refractivity contribution is -0.137. The van der Waals surface area contributed by atoms with Crippen LogP contribution in [0.1, 0.15) is 39.2 Å². The normalized spacial score (nSPS) is 12.3. The molecule has 5 nitrogen and oxygen atoms in total. The highest BCUT2D eigenvalue weighted by molar-refractivity contribution is 7.89. The summed E-state index contributed by atoms with van der Waals surface area (Å²) in [6.07, 6.45) is 0. The van der Waals surface area contributed by atoms with E-state index in [9.17, 15) is 13.2 Å². The molecule has 1 aromatic rings. The van der Waals surface area contributed by atoms with Gasteiger partial charge >= 0.3 is 5.97 Å². The average molecular weight is 299 g/mol. The van der Waals surface area contributed by atoms with Crippen molar-refractivity contribution in [1.29, 1.82) is 0 Å². The lowest BCUT2D eigenvalue weighted by atomic mass is 10.0. The van der Waals surface area contributed by atoms with Crippen LogP contribution in [-0.4, -0.2) is 36.4 Å². The summed E-state index contributed by atoms with van der Waals surface area (Å²) in [7, 11) is -3.80. The third-order valence-corrected chi connectivity index (χ3v) is 5.02. The van der Waals surface area contributed by atoms with E-state index in [1.54, 1.807) is 26.0 Å². The number of nitrogens with zero attached hydrogens (tertiary/aromatic N) is 1. The minimum atomic E-state index is -3.80. The zero-order valence-corrected chi connectivity index (χ0v) is 13.0. The van der Waals surface area contributed by atoms with Crippen LogP contribution in [0.5, 0.6) is 0 Å². The van der Waals surface area contributed by atoms with E-state index in [0.717, 1.165) is 9.87 Å². The van der Waals surface area contributed by atoms with Crippen molar-refractivity contribution in [1.82, 2.24) is 4.31 Å². The van der Waals surface area contributed by atoms with Crippen LogP contribution in [0.4, 0.5) is 0 Å². The highest BCUT2D eigenvalue weighted by Crippen LogP contribution is 2.22. The molecule has 0 saturated heterocycles. The first-order chi connectivity index (χ1) is 9.16. The number of benzene rings is 1. The molecule has 20 heavy (non-hydrogen) atoms. The zero-order valence-electron chi connectivity index (χ0n) is 12.2. The van der Waals surface area contributed by atoms with Crippen molar-refractivity contribution in [2.24, 2.45) is 0 Å². The van der Waals surface area contributed by atoms with Gasteiger partial charge in [0.05, 0.1) is 4.90 Å². The van der Waals surface area contributed by atoms with Crippen LogP contribution in [0.2, 0.25) is 0 Å². The molecule has 0 heterocycles. The molecule has 0 atom stereocenters. The van der Waals surface area contributed by atoms with E-state index in [4.69, 9.17) is 5.11 Å². The fourth-order valence-corrected chi connectivity index (χ4v) is 3.49. The smallest absolute Gasteiger partial charge is 0.318 e. The van der Waals surface area contributed by atoms with Gasteiger partial charge in [-0.1, -0.05) is 26.0 Å². The Kier molecular flexibility index (Phi) is 5.30. The van der Waals surface area contributed by atoms with Crippen LogP contribution in [0.3, 0.4) is 0 Å². The second-order valence-corrected chi connectivity index (χ2v) is 7.16. The number of aliphatic carboxylic acids is 1. The summed E-state index contributed by atoms with van der Waals surface area (Å²) in [5.74, 6) is -0.959. The number of hydrogen-bond donors (Lipinski definition) is 1. The van der Waals surface area contributed by atoms with Crippen molar-refractivity contribution in [2.75, 3.05) is 6.54 Å². The second kappa shape index (κ2) is 6.37. The molecule has 0 unspecified atom stereocenters. The minimum Gasteiger partial charge on any atom is -0.480 e. The van der Waals surface area contributed by atoms with E-state index in [1.807, 2.05) is 19.9 Å². The molecule has 0 aromatic heterocycles. The lowest BCUT2D eigenvalue weighted by Gasteiger charge is -2.24. The van der Waals surface area contributed by atoms with Gasteiger partial charge in [0, 0.05) is 6.04 Å². The molecule has 0 radical (unpaired) electrons. The van der Waals surface area contributed by atoms with Crippen molar-refractivity contribution < 1.29 is 18.3 Å². The van der Waals surface area contributed by atoms with Crippen molar-refractivity contribution in [3.05, 3.63) is 29.8 Å². The highest BCUT2D eigenvalue weighted by Gasteiger charge is 2.29. The third-order valence-electron chi connectivity index (χ3n) is 3.00. The third kappa shape index (κ3) is 3.80.